The summed E-state index contributed by atoms with van der Waals surface area (Å²) in [5, 5.41) is 0. The van der Waals surface area contributed by atoms with Crippen molar-refractivity contribution in [3.05, 3.63) is 33.5 Å². The molecule has 0 bridgehead atoms. The van der Waals surface area contributed by atoms with E-state index in [0.717, 1.165) is 20.6 Å². The molecule has 5 heteroatoms. The third kappa shape index (κ3) is 2.97. The fourth-order valence-corrected chi connectivity index (χ4v) is 2.60. The van der Waals surface area contributed by atoms with Crippen LogP contribution in [0.15, 0.2) is 24.3 Å². The number of aromatic nitrogens is 2. The SMILES string of the molecule is COc1ccc(-c2nc(N)c(I)c(C(C)C)n2)cc1. The van der Waals surface area contributed by atoms with E-state index in [9.17, 15) is 0 Å². The maximum atomic E-state index is 5.97. The van der Waals surface area contributed by atoms with E-state index in [1.165, 1.54) is 0 Å². The molecule has 2 N–H and O–H groups in total. The van der Waals surface area contributed by atoms with E-state index in [0.29, 0.717) is 17.6 Å². The van der Waals surface area contributed by atoms with Crippen molar-refractivity contribution in [2.45, 2.75) is 19.8 Å². The third-order valence-electron chi connectivity index (χ3n) is 2.80. The van der Waals surface area contributed by atoms with E-state index in [2.05, 4.69) is 46.4 Å². The maximum absolute atomic E-state index is 5.97. The average Bonchev–Trinajstić information content (AvgIpc) is 2.41. The molecule has 1 aromatic carbocycles. The minimum absolute atomic E-state index is 0.314. The van der Waals surface area contributed by atoms with Gasteiger partial charge in [-0.2, -0.15) is 0 Å². The summed E-state index contributed by atoms with van der Waals surface area (Å²) in [5.41, 5.74) is 7.89. The number of nitrogens with two attached hydrogens (primary N) is 1. The molecule has 0 spiro atoms. The van der Waals surface area contributed by atoms with Crippen molar-refractivity contribution < 1.29 is 4.74 Å². The lowest BCUT2D eigenvalue weighted by Crippen LogP contribution is -2.06. The van der Waals surface area contributed by atoms with Crippen LogP contribution in [0, 0.1) is 3.57 Å². The first-order valence-electron chi connectivity index (χ1n) is 6.00. The largest absolute Gasteiger partial charge is 0.497 e. The van der Waals surface area contributed by atoms with Crippen molar-refractivity contribution >= 4 is 28.4 Å². The molecule has 0 aliphatic heterocycles. The number of anilines is 1. The van der Waals surface area contributed by atoms with Crippen LogP contribution in [0.2, 0.25) is 0 Å². The molecular formula is C14H16IN3O. The third-order valence-corrected chi connectivity index (χ3v) is 3.90. The van der Waals surface area contributed by atoms with Crippen LogP contribution in [0.25, 0.3) is 11.4 Å². The highest BCUT2D eigenvalue weighted by atomic mass is 127. The first kappa shape index (κ1) is 14.0. The normalized spacial score (nSPS) is 10.8. The van der Waals surface area contributed by atoms with E-state index in [1.54, 1.807) is 7.11 Å². The first-order chi connectivity index (χ1) is 9.02. The molecule has 19 heavy (non-hydrogen) atoms. The summed E-state index contributed by atoms with van der Waals surface area (Å²) in [4.78, 5) is 8.98. The summed E-state index contributed by atoms with van der Waals surface area (Å²) >= 11 is 2.20. The van der Waals surface area contributed by atoms with Gasteiger partial charge in [-0.1, -0.05) is 13.8 Å². The fourth-order valence-electron chi connectivity index (χ4n) is 1.73. The van der Waals surface area contributed by atoms with Crippen LogP contribution in [0.3, 0.4) is 0 Å². The molecular weight excluding hydrogens is 353 g/mol. The van der Waals surface area contributed by atoms with Gasteiger partial charge in [0.05, 0.1) is 16.4 Å². The summed E-state index contributed by atoms with van der Waals surface area (Å²) in [7, 11) is 1.64. The van der Waals surface area contributed by atoms with Crippen molar-refractivity contribution in [3.63, 3.8) is 0 Å². The summed E-state index contributed by atoms with van der Waals surface area (Å²) in [5.74, 6) is 2.31. The molecule has 0 amide bonds. The number of ether oxygens (including phenoxy) is 1. The van der Waals surface area contributed by atoms with Gasteiger partial charge in [-0.15, -0.1) is 0 Å². The number of methoxy groups -OCH3 is 1. The molecule has 1 aromatic heterocycles. The zero-order valence-corrected chi connectivity index (χ0v) is 13.3. The smallest absolute Gasteiger partial charge is 0.161 e. The standard InChI is InChI=1S/C14H16IN3O/c1-8(2)12-11(15)13(16)18-14(17-12)9-4-6-10(19-3)7-5-9/h4-8H,1-3H3,(H2,16,17,18). The van der Waals surface area contributed by atoms with Crippen LogP contribution in [-0.2, 0) is 0 Å². The van der Waals surface area contributed by atoms with E-state index in [1.807, 2.05) is 24.3 Å². The van der Waals surface area contributed by atoms with Crippen molar-refractivity contribution in [1.29, 1.82) is 0 Å². The van der Waals surface area contributed by atoms with Crippen molar-refractivity contribution in [1.82, 2.24) is 9.97 Å². The number of nitrogen functional groups attached to an aromatic ring is 1. The first-order valence-corrected chi connectivity index (χ1v) is 7.08. The summed E-state index contributed by atoms with van der Waals surface area (Å²) in [6, 6.07) is 7.65. The number of benzene rings is 1. The highest BCUT2D eigenvalue weighted by Crippen LogP contribution is 2.27. The Bertz CT molecular complexity index is 582. The van der Waals surface area contributed by atoms with E-state index >= 15 is 0 Å². The van der Waals surface area contributed by atoms with Crippen molar-refractivity contribution in [2.24, 2.45) is 0 Å². The Balaban J connectivity index is 2.49. The van der Waals surface area contributed by atoms with E-state index < -0.39 is 0 Å². The molecule has 0 saturated carbocycles. The molecule has 0 unspecified atom stereocenters. The van der Waals surface area contributed by atoms with Crippen LogP contribution in [0.4, 0.5) is 5.82 Å². The summed E-state index contributed by atoms with van der Waals surface area (Å²) in [6.07, 6.45) is 0. The molecule has 0 saturated heterocycles. The minimum atomic E-state index is 0.314. The monoisotopic (exact) mass is 369 g/mol. The highest BCUT2D eigenvalue weighted by Gasteiger charge is 2.14. The Morgan fingerprint density at radius 3 is 2.32 bits per heavy atom. The Morgan fingerprint density at radius 2 is 1.79 bits per heavy atom. The quantitative estimate of drug-likeness (QED) is 0.842. The number of halogens is 1. The topological polar surface area (TPSA) is 61.0 Å². The van der Waals surface area contributed by atoms with Gasteiger partial charge in [0.25, 0.3) is 0 Å². The second kappa shape index (κ2) is 5.73. The lowest BCUT2D eigenvalue weighted by atomic mass is 10.1. The van der Waals surface area contributed by atoms with Gasteiger partial charge in [0.15, 0.2) is 5.82 Å². The summed E-state index contributed by atoms with van der Waals surface area (Å²) in [6.45, 7) is 4.20. The van der Waals surface area contributed by atoms with Crippen LogP contribution in [0.1, 0.15) is 25.5 Å². The van der Waals surface area contributed by atoms with Crippen LogP contribution >= 0.6 is 22.6 Å². The molecule has 4 nitrogen and oxygen atoms in total. The van der Waals surface area contributed by atoms with Gasteiger partial charge in [0.2, 0.25) is 0 Å². The number of rotatable bonds is 3. The highest BCUT2D eigenvalue weighted by molar-refractivity contribution is 14.1. The molecule has 0 aliphatic carbocycles. The number of hydrogen-bond donors (Lipinski definition) is 1. The summed E-state index contributed by atoms with van der Waals surface area (Å²) < 4.78 is 6.08. The predicted octanol–water partition coefficient (Wildman–Crippen LogP) is 3.46. The molecule has 0 atom stereocenters. The number of nitrogens with zero attached hydrogens (tertiary/aromatic N) is 2. The van der Waals surface area contributed by atoms with Crippen LogP contribution in [0.5, 0.6) is 5.75 Å². The molecule has 0 fully saturated rings. The number of hydrogen-bond acceptors (Lipinski definition) is 4. The molecule has 0 aliphatic rings. The fraction of sp³-hybridized carbons (Fsp3) is 0.286. The minimum Gasteiger partial charge on any atom is -0.497 e. The van der Waals surface area contributed by atoms with Gasteiger partial charge in [0.1, 0.15) is 11.6 Å². The van der Waals surface area contributed by atoms with E-state index in [-0.39, 0.29) is 0 Å². The van der Waals surface area contributed by atoms with Gasteiger partial charge >= 0.3 is 0 Å². The molecule has 1 heterocycles. The lowest BCUT2D eigenvalue weighted by molar-refractivity contribution is 0.415. The van der Waals surface area contributed by atoms with Gasteiger partial charge in [0, 0.05) is 5.56 Å². The lowest BCUT2D eigenvalue weighted by Gasteiger charge is -2.11. The van der Waals surface area contributed by atoms with E-state index in [4.69, 9.17) is 10.5 Å². The van der Waals surface area contributed by atoms with Gasteiger partial charge < -0.3 is 10.5 Å². The Morgan fingerprint density at radius 1 is 1.16 bits per heavy atom. The van der Waals surface area contributed by atoms with Crippen LogP contribution < -0.4 is 10.5 Å². The Hall–Kier alpha value is -1.37. The maximum Gasteiger partial charge on any atom is 0.161 e. The van der Waals surface area contributed by atoms with Gasteiger partial charge in [-0.25, -0.2) is 9.97 Å². The van der Waals surface area contributed by atoms with Crippen molar-refractivity contribution in [2.75, 3.05) is 12.8 Å². The second-order valence-corrected chi connectivity index (χ2v) is 5.59. The van der Waals surface area contributed by atoms with Gasteiger partial charge in [-0.05, 0) is 52.8 Å². The average molecular weight is 369 g/mol. The molecule has 0 radical (unpaired) electrons. The molecule has 2 aromatic rings. The second-order valence-electron chi connectivity index (χ2n) is 4.51. The van der Waals surface area contributed by atoms with Gasteiger partial charge in [-0.3, -0.25) is 0 Å². The zero-order chi connectivity index (χ0) is 14.0. The van der Waals surface area contributed by atoms with Crippen molar-refractivity contribution in [3.8, 4) is 17.1 Å². The Labute approximate surface area is 126 Å². The van der Waals surface area contributed by atoms with Crippen LogP contribution in [-0.4, -0.2) is 17.1 Å². The zero-order valence-electron chi connectivity index (χ0n) is 11.1. The molecule has 100 valence electrons. The molecule has 2 rings (SSSR count). The predicted molar refractivity (Wildman–Crippen MR) is 85.2 cm³/mol. The Kier molecular flexibility index (Phi) is 4.24.